The highest BCUT2D eigenvalue weighted by Gasteiger charge is 2.25. The van der Waals surface area contributed by atoms with Crippen LogP contribution in [-0.4, -0.2) is 85.3 Å². The summed E-state index contributed by atoms with van der Waals surface area (Å²) in [6.45, 7) is 5.97. The minimum absolute atomic E-state index is 0.00783. The number of hydrogen-bond donors (Lipinski definition) is 0. The van der Waals surface area contributed by atoms with Crippen LogP contribution in [0.4, 0.5) is 19.0 Å². The lowest BCUT2D eigenvalue weighted by molar-refractivity contribution is 0.0524. The van der Waals surface area contributed by atoms with Gasteiger partial charge in [0.2, 0.25) is 5.43 Å². The molecular weight excluding hydrogens is 487 g/mol. The largest absolute Gasteiger partial charge is 0.462 e. The van der Waals surface area contributed by atoms with Crippen LogP contribution in [0.3, 0.4) is 0 Å². The summed E-state index contributed by atoms with van der Waals surface area (Å²) in [5.41, 5.74) is -1.38. The predicted molar refractivity (Wildman–Crippen MR) is 135 cm³/mol. The quantitative estimate of drug-likeness (QED) is 0.426. The first-order valence-corrected chi connectivity index (χ1v) is 12.2. The molecule has 3 heterocycles. The molecule has 0 bridgehead atoms. The van der Waals surface area contributed by atoms with Crippen molar-refractivity contribution < 1.29 is 22.7 Å². The highest BCUT2D eigenvalue weighted by atomic mass is 19.1. The van der Waals surface area contributed by atoms with E-state index in [1.807, 2.05) is 14.1 Å². The Bertz CT molecular complexity index is 1350. The number of benzene rings is 1. The number of hydrogen-bond acceptors (Lipinski definition) is 7. The van der Waals surface area contributed by atoms with Gasteiger partial charge in [-0.3, -0.25) is 14.3 Å². The maximum absolute atomic E-state index is 15.3. The van der Waals surface area contributed by atoms with Crippen LogP contribution in [0.5, 0.6) is 0 Å². The number of rotatable bonds is 8. The van der Waals surface area contributed by atoms with Crippen molar-refractivity contribution in [3.05, 3.63) is 63.7 Å². The van der Waals surface area contributed by atoms with Crippen molar-refractivity contribution in [2.24, 2.45) is 0 Å². The third kappa shape index (κ3) is 5.78. The maximum Gasteiger partial charge on any atom is 0.343 e. The Hall–Kier alpha value is -3.44. The second-order valence-electron chi connectivity index (χ2n) is 9.21. The smallest absolute Gasteiger partial charge is 0.343 e. The first kappa shape index (κ1) is 26.6. The lowest BCUT2D eigenvalue weighted by Gasteiger charge is -2.35. The van der Waals surface area contributed by atoms with E-state index < -0.39 is 34.4 Å². The molecule has 1 saturated heterocycles. The van der Waals surface area contributed by atoms with E-state index in [1.165, 1.54) is 6.07 Å². The molecule has 0 saturated carbocycles. The van der Waals surface area contributed by atoms with Crippen LogP contribution in [0, 0.1) is 17.5 Å². The molecule has 0 amide bonds. The van der Waals surface area contributed by atoms with Crippen molar-refractivity contribution in [3.63, 3.8) is 0 Å². The molecule has 0 spiro atoms. The van der Waals surface area contributed by atoms with Gasteiger partial charge in [0.05, 0.1) is 17.7 Å². The Kier molecular flexibility index (Phi) is 8.13. The molecular formula is C26H30F3N5O3. The minimum Gasteiger partial charge on any atom is -0.462 e. The normalized spacial score (nSPS) is 14.5. The number of esters is 1. The van der Waals surface area contributed by atoms with Gasteiger partial charge in [-0.2, -0.15) is 0 Å². The molecule has 0 N–H and O–H groups in total. The van der Waals surface area contributed by atoms with Gasteiger partial charge in [0.25, 0.3) is 0 Å². The third-order valence-electron chi connectivity index (χ3n) is 6.33. The van der Waals surface area contributed by atoms with E-state index in [9.17, 15) is 18.4 Å². The highest BCUT2D eigenvalue weighted by molar-refractivity contribution is 5.94. The number of pyridine rings is 2. The molecule has 0 atom stereocenters. The zero-order valence-electron chi connectivity index (χ0n) is 21.1. The average Bonchev–Trinajstić information content (AvgIpc) is 2.85. The Balaban J connectivity index is 1.75. The SMILES string of the molecule is CCOC(=O)c1cn(-c2ccc(F)cc2F)c2nc(N3CCN(CCCN(C)C)CC3)c(F)cc2c1=O. The molecule has 1 fully saturated rings. The van der Waals surface area contributed by atoms with Crippen LogP contribution in [-0.2, 0) is 4.74 Å². The zero-order valence-corrected chi connectivity index (χ0v) is 21.1. The summed E-state index contributed by atoms with van der Waals surface area (Å²) in [4.78, 5) is 36.2. The number of nitrogens with zero attached hydrogens (tertiary/aromatic N) is 5. The van der Waals surface area contributed by atoms with E-state index in [4.69, 9.17) is 4.74 Å². The standard InChI is InChI=1S/C26H30F3N5O3/c1-4-37-26(36)19-16-34(22-7-6-17(27)14-20(22)28)24-18(23(19)35)15-21(29)25(30-24)33-12-10-32(11-13-33)9-5-8-31(2)3/h6-7,14-16H,4-5,8-13H2,1-3H3. The van der Waals surface area contributed by atoms with Gasteiger partial charge in [0.15, 0.2) is 17.3 Å². The molecule has 0 aliphatic carbocycles. The number of halogens is 3. The first-order chi connectivity index (χ1) is 17.7. The van der Waals surface area contributed by atoms with Crippen molar-refractivity contribution in [1.82, 2.24) is 19.4 Å². The van der Waals surface area contributed by atoms with Gasteiger partial charge in [-0.15, -0.1) is 0 Å². The lowest BCUT2D eigenvalue weighted by Crippen LogP contribution is -2.47. The summed E-state index contributed by atoms with van der Waals surface area (Å²) in [5.74, 6) is -3.35. The summed E-state index contributed by atoms with van der Waals surface area (Å²) < 4.78 is 49.8. The van der Waals surface area contributed by atoms with Gasteiger partial charge in [-0.05, 0) is 58.7 Å². The number of anilines is 1. The highest BCUT2D eigenvalue weighted by Crippen LogP contribution is 2.26. The number of ether oxygens (including phenoxy) is 1. The van der Waals surface area contributed by atoms with Crippen LogP contribution in [0.2, 0.25) is 0 Å². The van der Waals surface area contributed by atoms with Crippen LogP contribution in [0.25, 0.3) is 16.7 Å². The van der Waals surface area contributed by atoms with Gasteiger partial charge in [0.1, 0.15) is 17.2 Å². The Morgan fingerprint density at radius 3 is 2.46 bits per heavy atom. The van der Waals surface area contributed by atoms with Crippen molar-refractivity contribution in [2.75, 3.05) is 64.9 Å². The number of aromatic nitrogens is 2. The fraction of sp³-hybridized carbons (Fsp3) is 0.423. The van der Waals surface area contributed by atoms with E-state index in [2.05, 4.69) is 14.8 Å². The van der Waals surface area contributed by atoms with E-state index >= 15 is 4.39 Å². The van der Waals surface area contributed by atoms with Crippen molar-refractivity contribution >= 4 is 22.8 Å². The minimum atomic E-state index is -0.932. The molecule has 3 aromatic rings. The summed E-state index contributed by atoms with van der Waals surface area (Å²) in [6, 6.07) is 3.92. The van der Waals surface area contributed by atoms with Crippen LogP contribution in [0.15, 0.2) is 35.3 Å². The summed E-state index contributed by atoms with van der Waals surface area (Å²) >= 11 is 0. The molecule has 1 aliphatic heterocycles. The van der Waals surface area contributed by atoms with Gasteiger partial charge < -0.3 is 14.5 Å². The van der Waals surface area contributed by atoms with Crippen molar-refractivity contribution in [2.45, 2.75) is 13.3 Å². The molecule has 8 nitrogen and oxygen atoms in total. The average molecular weight is 518 g/mol. The Morgan fingerprint density at radius 2 is 1.81 bits per heavy atom. The second kappa shape index (κ2) is 11.3. The number of piperazine rings is 1. The summed E-state index contributed by atoms with van der Waals surface area (Å²) in [7, 11) is 4.05. The fourth-order valence-corrected chi connectivity index (χ4v) is 4.44. The van der Waals surface area contributed by atoms with E-state index in [0.29, 0.717) is 32.2 Å². The molecule has 2 aromatic heterocycles. The fourth-order valence-electron chi connectivity index (χ4n) is 4.44. The Morgan fingerprint density at radius 1 is 1.08 bits per heavy atom. The molecule has 0 unspecified atom stereocenters. The monoisotopic (exact) mass is 517 g/mol. The van der Waals surface area contributed by atoms with Crippen LogP contribution >= 0.6 is 0 Å². The molecule has 4 rings (SSSR count). The molecule has 198 valence electrons. The summed E-state index contributed by atoms with van der Waals surface area (Å²) in [5, 5.41) is -0.210. The van der Waals surface area contributed by atoms with Gasteiger partial charge in [-0.25, -0.2) is 22.9 Å². The molecule has 37 heavy (non-hydrogen) atoms. The third-order valence-corrected chi connectivity index (χ3v) is 6.33. The number of carbonyl (C=O) groups is 1. The molecule has 1 aromatic carbocycles. The Labute approximate surface area is 212 Å². The second-order valence-corrected chi connectivity index (χ2v) is 9.21. The molecule has 1 aliphatic rings. The molecule has 0 radical (unpaired) electrons. The number of carbonyl (C=O) groups excluding carboxylic acids is 1. The summed E-state index contributed by atoms with van der Waals surface area (Å²) in [6.07, 6.45) is 2.13. The number of fused-ring (bicyclic) bond motifs is 1. The lowest BCUT2D eigenvalue weighted by atomic mass is 10.1. The van der Waals surface area contributed by atoms with Gasteiger partial charge in [-0.1, -0.05) is 0 Å². The zero-order chi connectivity index (χ0) is 26.7. The van der Waals surface area contributed by atoms with E-state index in [0.717, 1.165) is 42.4 Å². The van der Waals surface area contributed by atoms with E-state index in [1.54, 1.807) is 11.8 Å². The van der Waals surface area contributed by atoms with Crippen molar-refractivity contribution in [1.29, 1.82) is 0 Å². The van der Waals surface area contributed by atoms with Gasteiger partial charge >= 0.3 is 5.97 Å². The predicted octanol–water partition coefficient (Wildman–Crippen LogP) is 3.05. The molecule has 11 heteroatoms. The van der Waals surface area contributed by atoms with Gasteiger partial charge in [0, 0.05) is 38.4 Å². The maximum atomic E-state index is 15.3. The first-order valence-electron chi connectivity index (χ1n) is 12.2. The van der Waals surface area contributed by atoms with Crippen molar-refractivity contribution in [3.8, 4) is 5.69 Å². The van der Waals surface area contributed by atoms with Crippen LogP contribution < -0.4 is 10.3 Å². The topological polar surface area (TPSA) is 70.9 Å². The van der Waals surface area contributed by atoms with E-state index in [-0.39, 0.29) is 29.1 Å². The van der Waals surface area contributed by atoms with Crippen LogP contribution in [0.1, 0.15) is 23.7 Å².